The van der Waals surface area contributed by atoms with E-state index in [2.05, 4.69) is 30.3 Å². The summed E-state index contributed by atoms with van der Waals surface area (Å²) in [4.78, 5) is 12.6. The van der Waals surface area contributed by atoms with Gasteiger partial charge in [-0.3, -0.25) is 0 Å². The van der Waals surface area contributed by atoms with Crippen molar-refractivity contribution in [3.8, 4) is 22.9 Å². The van der Waals surface area contributed by atoms with Crippen LogP contribution in [-0.2, 0) is 10.9 Å². The Morgan fingerprint density at radius 1 is 0.976 bits per heavy atom. The Labute approximate surface area is 234 Å². The molecule has 0 unspecified atom stereocenters. The van der Waals surface area contributed by atoms with Gasteiger partial charge in [-0.05, 0) is 29.8 Å². The second-order valence-electron chi connectivity index (χ2n) is 9.27. The smallest absolute Gasteiger partial charge is 0.262 e. The summed E-state index contributed by atoms with van der Waals surface area (Å²) in [6.45, 7) is -0.0974. The van der Waals surface area contributed by atoms with E-state index in [0.717, 1.165) is 0 Å². The highest BCUT2D eigenvalue weighted by Crippen LogP contribution is 2.35. The molecule has 0 saturated carbocycles. The number of hydrogen-bond donors (Lipinski definition) is 4. The Morgan fingerprint density at radius 3 is 2.54 bits per heavy atom. The Bertz CT molecular complexity index is 1600. The van der Waals surface area contributed by atoms with Gasteiger partial charge in [0.05, 0.1) is 23.8 Å². The summed E-state index contributed by atoms with van der Waals surface area (Å²) in [5.41, 5.74) is 0.773. The zero-order valence-corrected chi connectivity index (χ0v) is 22.1. The molecule has 3 heterocycles. The molecule has 214 valence electrons. The van der Waals surface area contributed by atoms with Crippen LogP contribution in [0, 0.1) is 11.6 Å². The van der Waals surface area contributed by atoms with Crippen LogP contribution >= 0.6 is 0 Å². The minimum absolute atomic E-state index is 0.0968. The molecule has 2 aromatic carbocycles. The lowest BCUT2D eigenvalue weighted by atomic mass is 9.99. The topological polar surface area (TPSA) is 118 Å². The molecule has 1 saturated heterocycles. The summed E-state index contributed by atoms with van der Waals surface area (Å²) >= 11 is 0. The number of piperidine rings is 1. The largest absolute Gasteiger partial charge is 0.435 e. The van der Waals surface area contributed by atoms with Gasteiger partial charge in [0, 0.05) is 37.0 Å². The maximum absolute atomic E-state index is 15.3. The summed E-state index contributed by atoms with van der Waals surface area (Å²) in [5, 5.41) is 5.56. The monoisotopic (exact) mass is 588 g/mol. The van der Waals surface area contributed by atoms with E-state index >= 15 is 8.78 Å². The van der Waals surface area contributed by atoms with Gasteiger partial charge in [-0.15, -0.1) is 0 Å². The summed E-state index contributed by atoms with van der Waals surface area (Å²) in [5.74, 6) is -6.01. The number of rotatable bonds is 9. The molecule has 1 fully saturated rings. The fraction of sp³-hybridized carbons (Fsp3) is 0.222. The molecule has 0 amide bonds. The van der Waals surface area contributed by atoms with Crippen LogP contribution in [0.4, 0.5) is 23.5 Å². The SMILES string of the molecule is O=[SH](=O)N[C@@H](c1ccccc1)c1ccc(Oc2ncccc2-c2ccnc(N[C@@H]3CNCC(F)(F)C3)n2)c(F)c1F. The molecule has 0 bridgehead atoms. The van der Waals surface area contributed by atoms with Crippen LogP contribution in [0.5, 0.6) is 11.6 Å². The zero-order valence-electron chi connectivity index (χ0n) is 21.2. The van der Waals surface area contributed by atoms with Crippen LogP contribution in [0.2, 0.25) is 0 Å². The lowest BCUT2D eigenvalue weighted by molar-refractivity contribution is -0.0244. The van der Waals surface area contributed by atoms with Gasteiger partial charge in [-0.2, -0.15) is 4.39 Å². The Morgan fingerprint density at radius 2 is 1.78 bits per heavy atom. The lowest BCUT2D eigenvalue weighted by Crippen LogP contribution is -2.49. The second-order valence-corrected chi connectivity index (χ2v) is 10.0. The molecule has 3 N–H and O–H groups in total. The first-order valence-corrected chi connectivity index (χ1v) is 13.6. The highest BCUT2D eigenvalue weighted by molar-refractivity contribution is 7.70. The first kappa shape index (κ1) is 28.4. The van der Waals surface area contributed by atoms with E-state index in [1.54, 1.807) is 42.5 Å². The number of benzene rings is 2. The number of ether oxygens (including phenoxy) is 1. The van der Waals surface area contributed by atoms with E-state index in [9.17, 15) is 17.2 Å². The van der Waals surface area contributed by atoms with Crippen molar-refractivity contribution in [3.63, 3.8) is 0 Å². The lowest BCUT2D eigenvalue weighted by Gasteiger charge is -2.30. The van der Waals surface area contributed by atoms with E-state index < -0.39 is 52.8 Å². The van der Waals surface area contributed by atoms with Gasteiger partial charge in [-0.25, -0.2) is 41.3 Å². The van der Waals surface area contributed by atoms with E-state index in [1.165, 1.54) is 30.6 Å². The number of alkyl halides is 2. The van der Waals surface area contributed by atoms with Gasteiger partial charge in [0.25, 0.3) is 5.92 Å². The molecule has 0 aliphatic carbocycles. The van der Waals surface area contributed by atoms with E-state index in [0.29, 0.717) is 23.4 Å². The molecule has 41 heavy (non-hydrogen) atoms. The molecule has 2 aromatic heterocycles. The molecule has 1 aliphatic heterocycles. The zero-order chi connectivity index (χ0) is 29.0. The van der Waals surface area contributed by atoms with Crippen molar-refractivity contribution in [2.75, 3.05) is 18.4 Å². The van der Waals surface area contributed by atoms with Crippen molar-refractivity contribution >= 4 is 16.8 Å². The summed E-state index contributed by atoms with van der Waals surface area (Å²) in [6, 6.07) is 13.5. The quantitative estimate of drug-likeness (QED) is 0.170. The number of pyridine rings is 1. The molecular formula is C27H24F4N6O3S. The van der Waals surface area contributed by atoms with Crippen LogP contribution < -0.4 is 20.1 Å². The number of anilines is 1. The Hall–Kier alpha value is -4.14. The Balaban J connectivity index is 1.42. The Kier molecular flexibility index (Phi) is 8.42. The van der Waals surface area contributed by atoms with Gasteiger partial charge in [0.1, 0.15) is 0 Å². The number of nitrogens with one attached hydrogen (secondary N) is 3. The van der Waals surface area contributed by atoms with E-state index in [4.69, 9.17) is 4.74 Å². The average Bonchev–Trinajstić information content (AvgIpc) is 2.95. The van der Waals surface area contributed by atoms with Crippen molar-refractivity contribution in [3.05, 3.63) is 95.8 Å². The average molecular weight is 589 g/mol. The summed E-state index contributed by atoms with van der Waals surface area (Å²) < 4.78 is 88.9. The van der Waals surface area contributed by atoms with Gasteiger partial charge in [-0.1, -0.05) is 36.4 Å². The number of nitrogens with zero attached hydrogens (tertiary/aromatic N) is 3. The second kappa shape index (κ2) is 12.2. The minimum Gasteiger partial charge on any atom is -0.435 e. The summed E-state index contributed by atoms with van der Waals surface area (Å²) in [7, 11) is -3.14. The van der Waals surface area contributed by atoms with Gasteiger partial charge in [0.15, 0.2) is 11.6 Å². The fourth-order valence-corrected chi connectivity index (χ4v) is 4.99. The normalized spacial score (nSPS) is 17.2. The van der Waals surface area contributed by atoms with Crippen LogP contribution in [0.25, 0.3) is 11.3 Å². The van der Waals surface area contributed by atoms with Crippen molar-refractivity contribution < 1.29 is 30.7 Å². The van der Waals surface area contributed by atoms with Crippen LogP contribution in [0.3, 0.4) is 0 Å². The highest BCUT2D eigenvalue weighted by atomic mass is 32.2. The van der Waals surface area contributed by atoms with Gasteiger partial charge < -0.3 is 15.4 Å². The number of aromatic nitrogens is 3. The summed E-state index contributed by atoms with van der Waals surface area (Å²) in [6.07, 6.45) is 2.42. The third kappa shape index (κ3) is 6.78. The standard InChI is InChI=1S/C27H24F4N6O3S/c28-22-19(24(37-41(38)39)16-5-2-1-3-6-16)8-9-21(23(22)29)40-25-18(7-4-11-33-25)20-10-12-34-26(36-20)35-17-13-27(30,31)15-32-14-17/h1-12,17,24,32,41H,13-15H2,(H,34,35,36)(H,37,38,39)/t17-,24-/m0/s1. The maximum Gasteiger partial charge on any atom is 0.262 e. The highest BCUT2D eigenvalue weighted by Gasteiger charge is 2.36. The van der Waals surface area contributed by atoms with Crippen LogP contribution in [0.1, 0.15) is 23.6 Å². The molecule has 14 heteroatoms. The number of halogens is 4. The maximum atomic E-state index is 15.3. The molecule has 9 nitrogen and oxygen atoms in total. The molecule has 4 aromatic rings. The first-order chi connectivity index (χ1) is 19.7. The van der Waals surface area contributed by atoms with Crippen molar-refractivity contribution in [2.24, 2.45) is 0 Å². The predicted octanol–water partition coefficient (Wildman–Crippen LogP) is 4.22. The van der Waals surface area contributed by atoms with E-state index in [1.807, 2.05) is 0 Å². The molecular weight excluding hydrogens is 564 g/mol. The molecule has 5 rings (SSSR count). The molecule has 0 spiro atoms. The van der Waals surface area contributed by atoms with Crippen molar-refractivity contribution in [1.29, 1.82) is 0 Å². The number of thiol groups is 1. The third-order valence-electron chi connectivity index (χ3n) is 6.32. The van der Waals surface area contributed by atoms with Crippen molar-refractivity contribution in [1.82, 2.24) is 25.0 Å². The molecule has 2 atom stereocenters. The van der Waals surface area contributed by atoms with Crippen LogP contribution in [-0.4, -0.2) is 48.4 Å². The molecule has 1 aliphatic rings. The third-order valence-corrected chi connectivity index (χ3v) is 6.79. The van der Waals surface area contributed by atoms with Crippen LogP contribution in [0.15, 0.2) is 73.1 Å². The first-order valence-electron chi connectivity index (χ1n) is 12.4. The van der Waals surface area contributed by atoms with E-state index in [-0.39, 0.29) is 23.8 Å². The number of hydrogen-bond acceptors (Lipinski definition) is 8. The minimum atomic E-state index is -3.14. The molecule has 0 radical (unpaired) electrons. The fourth-order valence-electron chi connectivity index (χ4n) is 4.49. The predicted molar refractivity (Wildman–Crippen MR) is 143 cm³/mol. The van der Waals surface area contributed by atoms with Gasteiger partial charge in [0.2, 0.25) is 28.5 Å². The van der Waals surface area contributed by atoms with Crippen molar-refractivity contribution in [2.45, 2.75) is 24.4 Å². The van der Waals surface area contributed by atoms with Gasteiger partial charge >= 0.3 is 0 Å².